The number of benzene rings is 1. The monoisotopic (exact) mass is 479 g/mol. The molecule has 8 heteroatoms. The molecule has 5 rings (SSSR count). The van der Waals surface area contributed by atoms with Crippen molar-refractivity contribution in [2.45, 2.75) is 63.6 Å². The Hall–Kier alpha value is -1.86. The van der Waals surface area contributed by atoms with Crippen molar-refractivity contribution in [1.29, 1.82) is 0 Å². The highest BCUT2D eigenvalue weighted by Crippen LogP contribution is 2.50. The van der Waals surface area contributed by atoms with Gasteiger partial charge in [-0.15, -0.1) is 0 Å². The maximum absolute atomic E-state index is 12.9. The summed E-state index contributed by atoms with van der Waals surface area (Å²) in [5.41, 5.74) is 3.25. The van der Waals surface area contributed by atoms with Crippen LogP contribution in [0, 0.1) is 17.3 Å². The van der Waals surface area contributed by atoms with E-state index in [0.717, 1.165) is 36.9 Å². The second kappa shape index (κ2) is 8.73. The molecule has 178 valence electrons. The van der Waals surface area contributed by atoms with Crippen molar-refractivity contribution >= 4 is 17.4 Å². The zero-order chi connectivity index (χ0) is 23.2. The van der Waals surface area contributed by atoms with Gasteiger partial charge in [0.05, 0.1) is 6.10 Å². The Labute approximate surface area is 197 Å². The summed E-state index contributed by atoms with van der Waals surface area (Å²) in [6.45, 7) is 0.843. The Morgan fingerprint density at radius 1 is 1.06 bits per heavy atom. The lowest BCUT2D eigenvalue weighted by Crippen LogP contribution is -2.28. The Morgan fingerprint density at radius 2 is 1.82 bits per heavy atom. The molecule has 1 aromatic heterocycles. The molecule has 2 atom stereocenters. The van der Waals surface area contributed by atoms with Gasteiger partial charge in [-0.3, -0.25) is 0 Å². The summed E-state index contributed by atoms with van der Waals surface area (Å²) in [5, 5.41) is 11.4. The van der Waals surface area contributed by atoms with Crippen molar-refractivity contribution in [1.82, 2.24) is 9.97 Å². The molecule has 0 bridgehead atoms. The Balaban J connectivity index is 1.13. The molecule has 1 aromatic carbocycles. The second-order valence-electron chi connectivity index (χ2n) is 10.3. The van der Waals surface area contributed by atoms with Gasteiger partial charge in [-0.05, 0) is 85.6 Å². The zero-order valence-electron chi connectivity index (χ0n) is 18.5. The first-order valence-electron chi connectivity index (χ1n) is 11.8. The van der Waals surface area contributed by atoms with Gasteiger partial charge in [-0.25, -0.2) is 9.97 Å². The number of hydrogen-bond acceptors (Lipinski definition) is 4. The number of aromatic nitrogens is 2. The van der Waals surface area contributed by atoms with Gasteiger partial charge in [0, 0.05) is 30.2 Å². The smallest absolute Gasteiger partial charge is 0.391 e. The normalized spacial score (nSPS) is 29.6. The van der Waals surface area contributed by atoms with Crippen LogP contribution in [0.3, 0.4) is 0 Å². The number of hydrogen-bond donors (Lipinski definition) is 1. The SMILES string of the molecule is OC1CN(c2ccnc(C(F)(F)F)n2)CC1CCC1CCC2(CC1)Cc1ccc(Cl)cc1C2. The van der Waals surface area contributed by atoms with Crippen molar-refractivity contribution < 1.29 is 18.3 Å². The molecule has 3 aliphatic rings. The molecule has 2 aromatic rings. The lowest BCUT2D eigenvalue weighted by molar-refractivity contribution is -0.144. The van der Waals surface area contributed by atoms with Gasteiger partial charge < -0.3 is 10.0 Å². The van der Waals surface area contributed by atoms with E-state index in [4.69, 9.17) is 11.6 Å². The van der Waals surface area contributed by atoms with Crippen LogP contribution in [0.2, 0.25) is 5.02 Å². The molecule has 4 nitrogen and oxygen atoms in total. The van der Waals surface area contributed by atoms with E-state index in [2.05, 4.69) is 22.1 Å². The molecular weight excluding hydrogens is 451 g/mol. The van der Waals surface area contributed by atoms with Crippen LogP contribution in [0.15, 0.2) is 30.5 Å². The minimum Gasteiger partial charge on any atom is -0.391 e. The van der Waals surface area contributed by atoms with Crippen LogP contribution in [-0.4, -0.2) is 34.3 Å². The summed E-state index contributed by atoms with van der Waals surface area (Å²) < 4.78 is 38.8. The summed E-state index contributed by atoms with van der Waals surface area (Å²) >= 11 is 6.19. The highest BCUT2D eigenvalue weighted by atomic mass is 35.5. The molecule has 0 amide bonds. The van der Waals surface area contributed by atoms with Gasteiger partial charge in [-0.1, -0.05) is 24.1 Å². The fourth-order valence-electron chi connectivity index (χ4n) is 6.17. The molecule has 2 aliphatic carbocycles. The van der Waals surface area contributed by atoms with Crippen molar-refractivity contribution in [2.75, 3.05) is 18.0 Å². The van der Waals surface area contributed by atoms with Gasteiger partial charge >= 0.3 is 6.18 Å². The number of nitrogens with zero attached hydrogens (tertiary/aromatic N) is 3. The number of anilines is 1. The average Bonchev–Trinajstić information content (AvgIpc) is 3.32. The molecular formula is C25H29ClF3N3O. The van der Waals surface area contributed by atoms with Crippen LogP contribution < -0.4 is 4.90 Å². The van der Waals surface area contributed by atoms with E-state index in [1.54, 1.807) is 4.90 Å². The summed E-state index contributed by atoms with van der Waals surface area (Å²) in [6.07, 6.45) is 5.12. The van der Waals surface area contributed by atoms with Crippen LogP contribution in [0.4, 0.5) is 19.0 Å². The fourth-order valence-corrected chi connectivity index (χ4v) is 6.37. The Morgan fingerprint density at radius 3 is 2.58 bits per heavy atom. The standard InChI is InChI=1S/C25H29ClF3N3O/c26-20-4-3-17-12-24(13-19(17)11-20)8-5-16(6-9-24)1-2-18-14-32(15-21(18)33)22-7-10-30-23(31-22)25(27,28)29/h3-4,7,10-11,16,18,21,33H,1-2,5-6,8-9,12-15H2. The predicted molar refractivity (Wildman–Crippen MR) is 121 cm³/mol. The van der Waals surface area contributed by atoms with Gasteiger partial charge in [0.25, 0.3) is 0 Å². The molecule has 0 radical (unpaired) electrons. The maximum atomic E-state index is 12.9. The first-order chi connectivity index (χ1) is 15.7. The third-order valence-electron chi connectivity index (χ3n) is 8.04. The number of rotatable bonds is 4. The lowest BCUT2D eigenvalue weighted by Gasteiger charge is -2.37. The van der Waals surface area contributed by atoms with Crippen LogP contribution in [0.25, 0.3) is 0 Å². The molecule has 33 heavy (non-hydrogen) atoms. The fraction of sp³-hybridized carbons (Fsp3) is 0.600. The van der Waals surface area contributed by atoms with Crippen LogP contribution in [0.1, 0.15) is 55.5 Å². The van der Waals surface area contributed by atoms with E-state index in [1.165, 1.54) is 42.9 Å². The molecule has 1 saturated carbocycles. The van der Waals surface area contributed by atoms with Crippen molar-refractivity contribution in [3.8, 4) is 0 Å². The first kappa shape index (κ1) is 22.9. The summed E-state index contributed by atoms with van der Waals surface area (Å²) in [7, 11) is 0. The van der Waals surface area contributed by atoms with E-state index >= 15 is 0 Å². The van der Waals surface area contributed by atoms with Crippen molar-refractivity contribution in [2.24, 2.45) is 17.3 Å². The molecule has 1 saturated heterocycles. The Kier molecular flexibility index (Phi) is 6.06. The van der Waals surface area contributed by atoms with E-state index in [9.17, 15) is 18.3 Å². The van der Waals surface area contributed by atoms with Crippen LogP contribution >= 0.6 is 11.6 Å². The van der Waals surface area contributed by atoms with E-state index in [1.807, 2.05) is 6.07 Å². The van der Waals surface area contributed by atoms with Crippen LogP contribution in [-0.2, 0) is 19.0 Å². The van der Waals surface area contributed by atoms with Gasteiger partial charge in [0.1, 0.15) is 5.82 Å². The highest BCUT2D eigenvalue weighted by molar-refractivity contribution is 6.30. The largest absolute Gasteiger partial charge is 0.451 e. The maximum Gasteiger partial charge on any atom is 0.451 e. The minimum absolute atomic E-state index is 0.0584. The number of aliphatic hydroxyl groups excluding tert-OH is 1. The van der Waals surface area contributed by atoms with E-state index in [-0.39, 0.29) is 11.7 Å². The summed E-state index contributed by atoms with van der Waals surface area (Å²) in [4.78, 5) is 8.76. The number of aliphatic hydroxyl groups is 1. The average molecular weight is 480 g/mol. The quantitative estimate of drug-likeness (QED) is 0.611. The first-order valence-corrected chi connectivity index (χ1v) is 12.2. The van der Waals surface area contributed by atoms with Gasteiger partial charge in [0.2, 0.25) is 5.82 Å². The molecule has 1 aliphatic heterocycles. The summed E-state index contributed by atoms with van der Waals surface area (Å²) in [6, 6.07) is 7.78. The third-order valence-corrected chi connectivity index (χ3v) is 8.27. The lowest BCUT2D eigenvalue weighted by atomic mass is 9.67. The number of halogens is 4. The molecule has 1 N–H and O–H groups in total. The number of fused-ring (bicyclic) bond motifs is 1. The number of alkyl halides is 3. The predicted octanol–water partition coefficient (Wildman–Crippen LogP) is 5.70. The van der Waals surface area contributed by atoms with Gasteiger partial charge in [0.15, 0.2) is 0 Å². The second-order valence-corrected chi connectivity index (χ2v) is 10.7. The summed E-state index contributed by atoms with van der Waals surface area (Å²) in [5.74, 6) is -0.187. The molecule has 1 spiro atoms. The van der Waals surface area contributed by atoms with Gasteiger partial charge in [-0.2, -0.15) is 13.2 Å². The minimum atomic E-state index is -4.57. The van der Waals surface area contributed by atoms with E-state index in [0.29, 0.717) is 24.4 Å². The molecule has 2 unspecified atom stereocenters. The number of β-amino-alcohol motifs (C(OH)–C–C–N with tert-alkyl or cyclic N) is 1. The molecule has 2 fully saturated rings. The van der Waals surface area contributed by atoms with Crippen molar-refractivity contribution in [3.05, 3.63) is 52.4 Å². The van der Waals surface area contributed by atoms with E-state index < -0.39 is 18.1 Å². The van der Waals surface area contributed by atoms with Crippen molar-refractivity contribution in [3.63, 3.8) is 0 Å². The zero-order valence-corrected chi connectivity index (χ0v) is 19.2. The molecule has 2 heterocycles. The topological polar surface area (TPSA) is 49.2 Å². The Bertz CT molecular complexity index is 1010. The van der Waals surface area contributed by atoms with Crippen LogP contribution in [0.5, 0.6) is 0 Å². The third kappa shape index (κ3) is 4.85. The highest BCUT2D eigenvalue weighted by Gasteiger charge is 2.41.